The predicted octanol–water partition coefficient (Wildman–Crippen LogP) is 3.80. The Morgan fingerprint density at radius 2 is 2.08 bits per heavy atom. The summed E-state index contributed by atoms with van der Waals surface area (Å²) in [6.45, 7) is 9.36. The fourth-order valence-corrected chi connectivity index (χ4v) is 4.05. The molecular formula is C19H22N4OS. The van der Waals surface area contributed by atoms with Gasteiger partial charge in [0.15, 0.2) is 5.17 Å². The molecule has 0 spiro atoms. The molecule has 1 amide bonds. The third-order valence-electron chi connectivity index (χ3n) is 4.13. The van der Waals surface area contributed by atoms with Crippen molar-refractivity contribution in [3.63, 3.8) is 0 Å². The van der Waals surface area contributed by atoms with Gasteiger partial charge in [-0.05, 0) is 69.3 Å². The highest BCUT2D eigenvalue weighted by atomic mass is 32.2. The van der Waals surface area contributed by atoms with E-state index in [9.17, 15) is 4.79 Å². The molecule has 1 aliphatic rings. The molecule has 0 atom stereocenters. The van der Waals surface area contributed by atoms with Gasteiger partial charge in [-0.3, -0.25) is 14.7 Å². The quantitative estimate of drug-likeness (QED) is 0.785. The average molecular weight is 354 g/mol. The van der Waals surface area contributed by atoms with Gasteiger partial charge < -0.3 is 4.57 Å². The summed E-state index contributed by atoms with van der Waals surface area (Å²) in [4.78, 5) is 24.0. The number of amides is 1. The van der Waals surface area contributed by atoms with Crippen molar-refractivity contribution in [2.75, 3.05) is 13.1 Å². The monoisotopic (exact) mass is 354 g/mol. The molecule has 3 rings (SSSR count). The molecule has 25 heavy (non-hydrogen) atoms. The minimum atomic E-state index is 0.0299. The Bertz CT molecular complexity index is 852. The van der Waals surface area contributed by atoms with Crippen molar-refractivity contribution in [2.45, 2.75) is 27.7 Å². The maximum Gasteiger partial charge on any atom is 0.266 e. The second-order valence-corrected chi connectivity index (χ2v) is 6.78. The highest BCUT2D eigenvalue weighted by Crippen LogP contribution is 2.33. The third kappa shape index (κ3) is 3.26. The molecule has 0 saturated carbocycles. The Hall–Kier alpha value is -2.34. The zero-order valence-corrected chi connectivity index (χ0v) is 15.8. The molecule has 0 radical (unpaired) electrons. The molecule has 1 fully saturated rings. The Morgan fingerprint density at radius 1 is 1.28 bits per heavy atom. The number of likely N-dealkylation sites (N-methyl/N-ethyl adjacent to an activating group) is 1. The smallest absolute Gasteiger partial charge is 0.266 e. The topological polar surface area (TPSA) is 50.5 Å². The average Bonchev–Trinajstić information content (AvgIpc) is 3.05. The molecule has 0 aromatic carbocycles. The van der Waals surface area contributed by atoms with Crippen LogP contribution in [0.2, 0.25) is 0 Å². The molecule has 2 aromatic rings. The SMILES string of the molecule is CCN=C1S/C(=C/c2cc(C)n(-c3ccccn3)c2C)C(=O)N1CC. The van der Waals surface area contributed by atoms with Crippen LogP contribution in [0.5, 0.6) is 0 Å². The first kappa shape index (κ1) is 17.5. The van der Waals surface area contributed by atoms with Crippen LogP contribution in [-0.2, 0) is 4.79 Å². The van der Waals surface area contributed by atoms with E-state index in [1.54, 1.807) is 11.1 Å². The van der Waals surface area contributed by atoms with Crippen molar-refractivity contribution in [3.05, 3.63) is 52.3 Å². The number of thioether (sulfide) groups is 1. The van der Waals surface area contributed by atoms with Crippen LogP contribution in [0.25, 0.3) is 11.9 Å². The molecule has 0 unspecified atom stereocenters. The van der Waals surface area contributed by atoms with Crippen molar-refractivity contribution in [1.82, 2.24) is 14.5 Å². The van der Waals surface area contributed by atoms with E-state index in [-0.39, 0.29) is 5.91 Å². The van der Waals surface area contributed by atoms with Crippen LogP contribution in [-0.4, -0.2) is 38.6 Å². The lowest BCUT2D eigenvalue weighted by Gasteiger charge is -2.11. The van der Waals surface area contributed by atoms with Gasteiger partial charge in [-0.1, -0.05) is 6.07 Å². The first-order chi connectivity index (χ1) is 12.1. The van der Waals surface area contributed by atoms with E-state index in [0.29, 0.717) is 13.1 Å². The van der Waals surface area contributed by atoms with Crippen molar-refractivity contribution in [1.29, 1.82) is 0 Å². The number of amidine groups is 1. The van der Waals surface area contributed by atoms with Crippen molar-refractivity contribution in [3.8, 4) is 5.82 Å². The number of aromatic nitrogens is 2. The summed E-state index contributed by atoms with van der Waals surface area (Å²) >= 11 is 1.45. The van der Waals surface area contributed by atoms with Gasteiger partial charge >= 0.3 is 0 Å². The fraction of sp³-hybridized carbons (Fsp3) is 0.316. The summed E-state index contributed by atoms with van der Waals surface area (Å²) in [5.74, 6) is 0.915. The van der Waals surface area contributed by atoms with Gasteiger partial charge in [-0.2, -0.15) is 0 Å². The van der Waals surface area contributed by atoms with Gasteiger partial charge in [0, 0.05) is 30.7 Å². The number of rotatable bonds is 4. The fourth-order valence-electron chi connectivity index (χ4n) is 2.95. The minimum absolute atomic E-state index is 0.0299. The number of carbonyl (C=O) groups excluding carboxylic acids is 1. The van der Waals surface area contributed by atoms with Crippen molar-refractivity contribution in [2.24, 2.45) is 4.99 Å². The van der Waals surface area contributed by atoms with Crippen LogP contribution in [0.1, 0.15) is 30.8 Å². The highest BCUT2D eigenvalue weighted by Gasteiger charge is 2.32. The largest absolute Gasteiger partial charge is 0.303 e. The van der Waals surface area contributed by atoms with Crippen LogP contribution in [0, 0.1) is 13.8 Å². The summed E-state index contributed by atoms with van der Waals surface area (Å²) in [7, 11) is 0. The Balaban J connectivity index is 2.00. The summed E-state index contributed by atoms with van der Waals surface area (Å²) in [6.07, 6.45) is 3.75. The number of hydrogen-bond donors (Lipinski definition) is 0. The summed E-state index contributed by atoms with van der Waals surface area (Å²) in [5.41, 5.74) is 3.20. The molecule has 0 aliphatic carbocycles. The van der Waals surface area contributed by atoms with Crippen LogP contribution >= 0.6 is 11.8 Å². The van der Waals surface area contributed by atoms with E-state index < -0.39 is 0 Å². The second kappa shape index (κ2) is 7.27. The van der Waals surface area contributed by atoms with E-state index in [2.05, 4.69) is 34.5 Å². The van der Waals surface area contributed by atoms with Crippen LogP contribution in [0.4, 0.5) is 0 Å². The Kier molecular flexibility index (Phi) is 5.08. The molecular weight excluding hydrogens is 332 g/mol. The standard InChI is InChI=1S/C19H22N4OS/c1-5-20-19-22(6-2)18(24)16(25-19)12-15-11-13(3)23(14(15)4)17-9-7-8-10-21-17/h7-12H,5-6H2,1-4H3/b16-12+,20-19?. The van der Waals surface area contributed by atoms with Crippen molar-refractivity contribution >= 4 is 28.9 Å². The number of nitrogens with zero attached hydrogens (tertiary/aromatic N) is 4. The normalized spacial score (nSPS) is 17.9. The lowest BCUT2D eigenvalue weighted by Crippen LogP contribution is -2.28. The van der Waals surface area contributed by atoms with E-state index in [1.165, 1.54) is 11.8 Å². The molecule has 1 aliphatic heterocycles. The number of carbonyl (C=O) groups is 1. The van der Waals surface area contributed by atoms with Gasteiger partial charge in [0.25, 0.3) is 5.91 Å². The number of pyridine rings is 1. The second-order valence-electron chi connectivity index (χ2n) is 5.77. The maximum atomic E-state index is 12.6. The number of aryl methyl sites for hydroxylation is 1. The van der Waals surface area contributed by atoms with Gasteiger partial charge in [-0.25, -0.2) is 4.98 Å². The molecule has 5 nitrogen and oxygen atoms in total. The molecule has 6 heteroatoms. The molecule has 0 bridgehead atoms. The minimum Gasteiger partial charge on any atom is -0.303 e. The van der Waals surface area contributed by atoms with Gasteiger partial charge in [0.2, 0.25) is 0 Å². The molecule has 0 N–H and O–H groups in total. The van der Waals surface area contributed by atoms with Crippen molar-refractivity contribution < 1.29 is 4.79 Å². The highest BCUT2D eigenvalue weighted by molar-refractivity contribution is 8.18. The van der Waals surface area contributed by atoms with Gasteiger partial charge in [0.05, 0.1) is 4.91 Å². The summed E-state index contributed by atoms with van der Waals surface area (Å²) in [6, 6.07) is 7.96. The predicted molar refractivity (Wildman–Crippen MR) is 104 cm³/mol. The van der Waals surface area contributed by atoms with E-state index in [0.717, 1.165) is 32.8 Å². The summed E-state index contributed by atoms with van der Waals surface area (Å²) in [5, 5.41) is 0.791. The van der Waals surface area contributed by atoms with E-state index in [1.807, 2.05) is 38.1 Å². The molecule has 3 heterocycles. The zero-order chi connectivity index (χ0) is 18.0. The van der Waals surface area contributed by atoms with E-state index in [4.69, 9.17) is 0 Å². The molecule has 1 saturated heterocycles. The number of aliphatic imine (C=N–C) groups is 1. The Morgan fingerprint density at radius 3 is 2.72 bits per heavy atom. The summed E-state index contributed by atoms with van der Waals surface area (Å²) < 4.78 is 2.11. The molecule has 130 valence electrons. The lowest BCUT2D eigenvalue weighted by molar-refractivity contribution is -0.122. The van der Waals surface area contributed by atoms with Crippen LogP contribution in [0.3, 0.4) is 0 Å². The third-order valence-corrected chi connectivity index (χ3v) is 5.18. The first-order valence-corrected chi connectivity index (χ1v) is 9.24. The zero-order valence-electron chi connectivity index (χ0n) is 15.0. The van der Waals surface area contributed by atoms with Gasteiger partial charge in [-0.15, -0.1) is 0 Å². The van der Waals surface area contributed by atoms with Crippen LogP contribution < -0.4 is 0 Å². The van der Waals surface area contributed by atoms with E-state index >= 15 is 0 Å². The number of hydrogen-bond acceptors (Lipinski definition) is 4. The lowest BCUT2D eigenvalue weighted by atomic mass is 10.2. The van der Waals surface area contributed by atoms with Crippen LogP contribution in [0.15, 0.2) is 40.4 Å². The first-order valence-electron chi connectivity index (χ1n) is 8.43. The van der Waals surface area contributed by atoms with Gasteiger partial charge in [0.1, 0.15) is 5.82 Å². The Labute approximate surface area is 152 Å². The molecule has 2 aromatic heterocycles. The maximum absolute atomic E-state index is 12.6.